The fourth-order valence-corrected chi connectivity index (χ4v) is 10.1. The van der Waals surface area contributed by atoms with Crippen LogP contribution in [0.1, 0.15) is 112 Å². The quantitative estimate of drug-likeness (QED) is 0.146. The molecule has 2 fully saturated rings. The number of nitrogens with zero attached hydrogens (tertiary/aromatic N) is 2. The van der Waals surface area contributed by atoms with Crippen LogP contribution in [0.4, 0.5) is 0 Å². The minimum atomic E-state index is -1.45. The molecule has 0 radical (unpaired) electrons. The van der Waals surface area contributed by atoms with E-state index in [2.05, 4.69) is 5.32 Å². The first kappa shape index (κ1) is 60.9. The van der Waals surface area contributed by atoms with Gasteiger partial charge in [0.1, 0.15) is 36.6 Å². The smallest absolute Gasteiger partial charge is 0.308 e. The van der Waals surface area contributed by atoms with Crippen molar-refractivity contribution >= 4 is 23.6 Å². The number of methoxy groups -OCH3 is 2. The number of aliphatic hydroxyl groups is 4. The first-order valence-corrected chi connectivity index (χ1v) is 25.7. The number of nitrogens with one attached hydrogen (secondary N) is 1. The number of benzene rings is 1. The lowest BCUT2D eigenvalue weighted by Gasteiger charge is -2.47. The number of amides is 2. The summed E-state index contributed by atoms with van der Waals surface area (Å²) >= 11 is 0. The molecule has 18 atom stereocenters. The molecular formula is C54H87N3O15. The van der Waals surface area contributed by atoms with Gasteiger partial charge in [0.25, 0.3) is 5.91 Å². The van der Waals surface area contributed by atoms with Crippen LogP contribution in [-0.2, 0) is 47.5 Å². The van der Waals surface area contributed by atoms with Crippen molar-refractivity contribution in [2.24, 2.45) is 23.7 Å². The van der Waals surface area contributed by atoms with Gasteiger partial charge in [0.2, 0.25) is 5.91 Å². The van der Waals surface area contributed by atoms with Crippen LogP contribution in [-0.4, -0.2) is 187 Å². The molecule has 2 amide bonds. The van der Waals surface area contributed by atoms with Gasteiger partial charge in [0.05, 0.1) is 49.6 Å². The maximum atomic E-state index is 14.8. The topological polar surface area (TPSA) is 232 Å². The molecule has 0 aromatic heterocycles. The van der Waals surface area contributed by atoms with E-state index in [-0.39, 0.29) is 37.7 Å². The largest absolute Gasteiger partial charge is 0.462 e. The number of aliphatic hydroxyl groups excluding tert-OH is 4. The molecule has 2 saturated heterocycles. The molecule has 18 nitrogen and oxygen atoms in total. The standard InChI is InChI=1S/C54H87N3O15/c1-15-24-57(51(65)35-20-18-17-19-21-35)38(50(64)55-54(8,9)10)27-36-26-31(4)39(58)23-22-30(3)25-37(29-68-53-49(67-14)48(66-13)45(62)34(7)70-53)41(16-2)71-42(60)28-40(59)32(5)47(36)72-52-46(63)43(56(11)12)44(61)33(6)69-52/h17-23,25,31-34,36-38,40-41,43-49,52-53,59,61-63H,15-16,24,26-29H2,1-14H3,(H,55,64)/b23-22+,30-25+/t31-,32+,33-,34+,36-,37-,38?,40-,41-,43+,44-,45+,46-,47-,48+,49+,52+,53+/m1/s1. The van der Waals surface area contributed by atoms with E-state index in [0.717, 1.165) is 0 Å². The zero-order valence-electron chi connectivity index (χ0n) is 45.1. The summed E-state index contributed by atoms with van der Waals surface area (Å²) in [6.07, 6.45) is -6.86. The second kappa shape index (κ2) is 27.8. The number of ether oxygens (including phenoxy) is 7. The molecule has 1 aromatic carbocycles. The number of esters is 1. The summed E-state index contributed by atoms with van der Waals surface area (Å²) in [6, 6.07) is 6.71. The lowest BCUT2D eigenvalue weighted by molar-refractivity contribution is -0.304. The third-order valence-corrected chi connectivity index (χ3v) is 14.2. The first-order valence-electron chi connectivity index (χ1n) is 25.7. The highest BCUT2D eigenvalue weighted by Gasteiger charge is 2.49. The highest BCUT2D eigenvalue weighted by Crippen LogP contribution is 2.37. The van der Waals surface area contributed by atoms with Crippen LogP contribution in [0.5, 0.6) is 0 Å². The van der Waals surface area contributed by atoms with E-state index in [1.54, 1.807) is 88.0 Å². The van der Waals surface area contributed by atoms with Crippen molar-refractivity contribution in [3.05, 3.63) is 59.7 Å². The van der Waals surface area contributed by atoms with E-state index >= 15 is 0 Å². The summed E-state index contributed by atoms with van der Waals surface area (Å²) in [4.78, 5) is 61.1. The Labute approximate surface area is 427 Å². The fraction of sp³-hybridized carbons (Fsp3) is 0.741. The molecule has 5 N–H and O–H groups in total. The number of cyclic esters (lactones) is 1. The number of allylic oxidation sites excluding steroid dienone is 3. The molecule has 0 spiro atoms. The predicted molar refractivity (Wildman–Crippen MR) is 269 cm³/mol. The third-order valence-electron chi connectivity index (χ3n) is 14.2. The van der Waals surface area contributed by atoms with Gasteiger partial charge in [-0.15, -0.1) is 0 Å². The average Bonchev–Trinajstić information content (AvgIpc) is 3.32. The second-order valence-corrected chi connectivity index (χ2v) is 21.3. The Morgan fingerprint density at radius 3 is 2.07 bits per heavy atom. The molecule has 0 saturated carbocycles. The molecule has 3 aliphatic rings. The number of carbonyl (C=O) groups is 4. The molecule has 72 heavy (non-hydrogen) atoms. The fourth-order valence-electron chi connectivity index (χ4n) is 10.1. The number of hydrogen-bond acceptors (Lipinski definition) is 16. The second-order valence-electron chi connectivity index (χ2n) is 21.3. The number of ketones is 1. The molecule has 408 valence electrons. The van der Waals surface area contributed by atoms with Crippen LogP contribution >= 0.6 is 0 Å². The Hall–Kier alpha value is -3.66. The van der Waals surface area contributed by atoms with Gasteiger partial charge < -0.3 is 68.7 Å². The zero-order chi connectivity index (χ0) is 53.8. The van der Waals surface area contributed by atoms with Gasteiger partial charge in [-0.3, -0.25) is 19.2 Å². The third kappa shape index (κ3) is 16.2. The van der Waals surface area contributed by atoms with Gasteiger partial charge in [-0.2, -0.15) is 0 Å². The average molecular weight is 1020 g/mol. The Kier molecular flexibility index (Phi) is 23.5. The minimum Gasteiger partial charge on any atom is -0.462 e. The lowest BCUT2D eigenvalue weighted by atomic mass is 9.77. The summed E-state index contributed by atoms with van der Waals surface area (Å²) in [5.74, 6) is -4.88. The summed E-state index contributed by atoms with van der Waals surface area (Å²) in [5.41, 5.74) is 0.320. The van der Waals surface area contributed by atoms with E-state index in [4.69, 9.17) is 33.2 Å². The van der Waals surface area contributed by atoms with E-state index < -0.39 is 133 Å². The SMILES string of the molecule is CCCN(C(=O)c1ccccc1)C(C[C@H]1C[C@@H](C)C(=O)/C=C/C(C)=C/[C@H](CO[C@H]2O[C@@H](C)[C@H](O)[C@H](OC)[C@@H]2OC)[C@@H](CC)OC(=O)C[C@@H](O)[C@H](C)[C@H]1O[C@@H]1O[C@H](C)[C@@H](O)[C@H](N(C)C)[C@H]1O)C(=O)NC(C)(C)C. The number of hydrogen-bond donors (Lipinski definition) is 5. The Morgan fingerprint density at radius 1 is 0.861 bits per heavy atom. The monoisotopic (exact) mass is 1020 g/mol. The van der Waals surface area contributed by atoms with Crippen molar-refractivity contribution in [3.8, 4) is 0 Å². The molecule has 0 bridgehead atoms. The summed E-state index contributed by atoms with van der Waals surface area (Å²) in [6.45, 7) is 18.1. The number of rotatable bonds is 16. The Balaban J connectivity index is 1.87. The van der Waals surface area contributed by atoms with Gasteiger partial charge in [-0.1, -0.05) is 63.6 Å². The van der Waals surface area contributed by atoms with E-state index in [9.17, 15) is 39.6 Å². The highest BCUT2D eigenvalue weighted by molar-refractivity contribution is 5.97. The van der Waals surface area contributed by atoms with Crippen LogP contribution in [0.3, 0.4) is 0 Å². The van der Waals surface area contributed by atoms with Gasteiger partial charge >= 0.3 is 5.97 Å². The van der Waals surface area contributed by atoms with Crippen molar-refractivity contribution in [2.45, 2.75) is 193 Å². The molecule has 18 heteroatoms. The van der Waals surface area contributed by atoms with E-state index in [1.165, 1.54) is 20.3 Å². The maximum Gasteiger partial charge on any atom is 0.308 e. The normalized spacial score (nSPS) is 36.2. The summed E-state index contributed by atoms with van der Waals surface area (Å²) in [5, 5.41) is 49.2. The van der Waals surface area contributed by atoms with Crippen LogP contribution < -0.4 is 5.32 Å². The molecule has 1 aromatic rings. The zero-order valence-corrected chi connectivity index (χ0v) is 45.1. The molecule has 3 heterocycles. The predicted octanol–water partition coefficient (Wildman–Crippen LogP) is 4.20. The molecule has 4 rings (SSSR count). The first-order chi connectivity index (χ1) is 33.9. The summed E-state index contributed by atoms with van der Waals surface area (Å²) < 4.78 is 42.8. The van der Waals surface area contributed by atoms with E-state index in [0.29, 0.717) is 24.0 Å². The summed E-state index contributed by atoms with van der Waals surface area (Å²) in [7, 11) is 6.35. The molecule has 3 aliphatic heterocycles. The lowest BCUT2D eigenvalue weighted by Crippen LogP contribution is -2.63. The van der Waals surface area contributed by atoms with Crippen molar-refractivity contribution in [3.63, 3.8) is 0 Å². The number of likely N-dealkylation sites (N-methyl/N-ethyl adjacent to an activating group) is 1. The van der Waals surface area contributed by atoms with Crippen molar-refractivity contribution < 1.29 is 72.8 Å². The van der Waals surface area contributed by atoms with Crippen LogP contribution in [0.15, 0.2) is 54.1 Å². The Morgan fingerprint density at radius 2 is 1.49 bits per heavy atom. The highest BCUT2D eigenvalue weighted by atomic mass is 16.7. The van der Waals surface area contributed by atoms with Crippen LogP contribution in [0, 0.1) is 23.7 Å². The minimum absolute atomic E-state index is 0.0296. The van der Waals surface area contributed by atoms with Crippen molar-refractivity contribution in [2.75, 3.05) is 41.5 Å². The number of carbonyl (C=O) groups excluding carboxylic acids is 4. The Bertz CT molecular complexity index is 1940. The molecule has 0 aliphatic carbocycles. The maximum absolute atomic E-state index is 14.8. The van der Waals surface area contributed by atoms with Crippen LogP contribution in [0.2, 0.25) is 0 Å². The van der Waals surface area contributed by atoms with Gasteiger partial charge in [-0.05, 0) is 105 Å². The van der Waals surface area contributed by atoms with Gasteiger partial charge in [0, 0.05) is 49.6 Å². The van der Waals surface area contributed by atoms with Crippen molar-refractivity contribution in [1.29, 1.82) is 0 Å². The van der Waals surface area contributed by atoms with E-state index in [1.807, 2.05) is 47.6 Å². The molecule has 1 unspecified atom stereocenters. The van der Waals surface area contributed by atoms with Gasteiger partial charge in [-0.25, -0.2) is 0 Å². The van der Waals surface area contributed by atoms with Gasteiger partial charge in [0.15, 0.2) is 18.4 Å². The van der Waals surface area contributed by atoms with Crippen LogP contribution in [0.25, 0.3) is 0 Å². The molecular weight excluding hydrogens is 931 g/mol. The van der Waals surface area contributed by atoms with Crippen molar-refractivity contribution in [1.82, 2.24) is 15.1 Å².